The summed E-state index contributed by atoms with van der Waals surface area (Å²) in [5.74, 6) is -0.112. The highest BCUT2D eigenvalue weighted by Gasteiger charge is 2.15. The van der Waals surface area contributed by atoms with Gasteiger partial charge in [-0.3, -0.25) is 4.79 Å². The third kappa shape index (κ3) is 2.25. The van der Waals surface area contributed by atoms with Gasteiger partial charge in [0.25, 0.3) is 0 Å². The third-order valence-electron chi connectivity index (χ3n) is 3.07. The molecule has 1 aromatic rings. The Kier molecular flexibility index (Phi) is 3.25. The lowest BCUT2D eigenvalue weighted by molar-refractivity contribution is -0.117. The average molecular weight is 218 g/mol. The summed E-state index contributed by atoms with van der Waals surface area (Å²) in [6.07, 6.45) is 4.64. The number of aryl methyl sites for hydroxylation is 1. The number of anilines is 1. The average Bonchev–Trinajstić information content (AvgIpc) is 2.29. The normalized spacial score (nSPS) is 16.4. The number of benzene rings is 1. The van der Waals surface area contributed by atoms with E-state index in [0.717, 1.165) is 18.5 Å². The summed E-state index contributed by atoms with van der Waals surface area (Å²) in [5, 5.41) is 2.91. The van der Waals surface area contributed by atoms with Gasteiger partial charge in [0.2, 0.25) is 5.91 Å². The number of rotatable bonds is 2. The highest BCUT2D eigenvalue weighted by molar-refractivity contribution is 5.95. The second kappa shape index (κ2) is 4.66. The Labute approximate surface area is 96.0 Å². The molecule has 1 amide bonds. The molecule has 0 spiro atoms. The van der Waals surface area contributed by atoms with Crippen LogP contribution in [-0.4, -0.2) is 11.9 Å². The molecule has 3 heteroatoms. The molecule has 0 bridgehead atoms. The minimum absolute atomic E-state index is 0.112. The van der Waals surface area contributed by atoms with Gasteiger partial charge >= 0.3 is 0 Å². The fraction of sp³-hybridized carbons (Fsp3) is 0.462. The zero-order chi connectivity index (χ0) is 11.5. The second-order valence-corrected chi connectivity index (χ2v) is 4.43. The molecule has 3 nitrogen and oxygen atoms in total. The van der Waals surface area contributed by atoms with Crippen molar-refractivity contribution in [3.05, 3.63) is 29.3 Å². The van der Waals surface area contributed by atoms with Gasteiger partial charge in [-0.1, -0.05) is 12.1 Å². The molecule has 0 aromatic heterocycles. The molecule has 2 rings (SSSR count). The maximum Gasteiger partial charge on any atom is 0.241 e. The van der Waals surface area contributed by atoms with Crippen LogP contribution in [-0.2, 0) is 17.6 Å². The van der Waals surface area contributed by atoms with Gasteiger partial charge in [0.05, 0.1) is 6.04 Å². The van der Waals surface area contributed by atoms with Crippen molar-refractivity contribution in [2.45, 2.75) is 38.6 Å². The van der Waals surface area contributed by atoms with E-state index >= 15 is 0 Å². The van der Waals surface area contributed by atoms with Crippen molar-refractivity contribution in [2.24, 2.45) is 5.73 Å². The summed E-state index contributed by atoms with van der Waals surface area (Å²) in [4.78, 5) is 11.6. The topological polar surface area (TPSA) is 55.1 Å². The lowest BCUT2D eigenvalue weighted by atomic mass is 9.90. The fourth-order valence-corrected chi connectivity index (χ4v) is 2.15. The Morgan fingerprint density at radius 1 is 1.38 bits per heavy atom. The van der Waals surface area contributed by atoms with Gasteiger partial charge in [0, 0.05) is 5.69 Å². The van der Waals surface area contributed by atoms with Crippen LogP contribution in [0.4, 0.5) is 5.69 Å². The van der Waals surface area contributed by atoms with Crippen LogP contribution in [0.15, 0.2) is 18.2 Å². The molecule has 1 atom stereocenters. The molecule has 86 valence electrons. The van der Waals surface area contributed by atoms with Crippen LogP contribution in [0.25, 0.3) is 0 Å². The smallest absolute Gasteiger partial charge is 0.241 e. The zero-order valence-electron chi connectivity index (χ0n) is 9.62. The van der Waals surface area contributed by atoms with E-state index in [1.807, 2.05) is 12.1 Å². The lowest BCUT2D eigenvalue weighted by Gasteiger charge is -2.20. The maximum atomic E-state index is 11.6. The van der Waals surface area contributed by atoms with Crippen LogP contribution >= 0.6 is 0 Å². The number of nitrogens with two attached hydrogens (primary N) is 1. The van der Waals surface area contributed by atoms with Gasteiger partial charge < -0.3 is 11.1 Å². The van der Waals surface area contributed by atoms with Gasteiger partial charge in [0.15, 0.2) is 0 Å². The van der Waals surface area contributed by atoms with Crippen molar-refractivity contribution in [3.8, 4) is 0 Å². The summed E-state index contributed by atoms with van der Waals surface area (Å²) in [7, 11) is 0. The van der Waals surface area contributed by atoms with Crippen molar-refractivity contribution in [2.75, 3.05) is 5.32 Å². The number of hydrogen-bond donors (Lipinski definition) is 2. The van der Waals surface area contributed by atoms with Crippen LogP contribution in [0, 0.1) is 0 Å². The van der Waals surface area contributed by atoms with Crippen LogP contribution in [0.2, 0.25) is 0 Å². The van der Waals surface area contributed by atoms with Gasteiger partial charge in [-0.05, 0) is 49.8 Å². The number of hydrogen-bond acceptors (Lipinski definition) is 2. The van der Waals surface area contributed by atoms with E-state index in [1.54, 1.807) is 6.92 Å². The van der Waals surface area contributed by atoms with Crippen molar-refractivity contribution < 1.29 is 4.79 Å². The Hall–Kier alpha value is -1.35. The molecule has 0 aliphatic heterocycles. The van der Waals surface area contributed by atoms with E-state index in [0.29, 0.717) is 0 Å². The van der Waals surface area contributed by atoms with Crippen LogP contribution in [0.5, 0.6) is 0 Å². The Morgan fingerprint density at radius 3 is 2.88 bits per heavy atom. The van der Waals surface area contributed by atoms with Crippen molar-refractivity contribution in [3.63, 3.8) is 0 Å². The molecule has 0 saturated carbocycles. The van der Waals surface area contributed by atoms with E-state index < -0.39 is 6.04 Å². The predicted molar refractivity (Wildman–Crippen MR) is 65.4 cm³/mol. The quantitative estimate of drug-likeness (QED) is 0.796. The van der Waals surface area contributed by atoms with Crippen LogP contribution in [0.3, 0.4) is 0 Å². The Morgan fingerprint density at radius 2 is 2.12 bits per heavy atom. The van der Waals surface area contributed by atoms with Crippen molar-refractivity contribution >= 4 is 11.6 Å². The zero-order valence-corrected chi connectivity index (χ0v) is 9.62. The number of nitrogens with one attached hydrogen (secondary N) is 1. The van der Waals surface area contributed by atoms with Gasteiger partial charge in [-0.15, -0.1) is 0 Å². The monoisotopic (exact) mass is 218 g/mol. The predicted octanol–water partition coefficient (Wildman–Crippen LogP) is 1.85. The van der Waals surface area contributed by atoms with Crippen molar-refractivity contribution in [1.29, 1.82) is 0 Å². The molecule has 1 aliphatic rings. The molecule has 0 radical (unpaired) electrons. The number of fused-ring (bicyclic) bond motifs is 1. The SMILES string of the molecule is C[C@H](N)C(=O)Nc1cccc2c1CCCC2. The Bertz CT molecular complexity index is 399. The first kappa shape index (κ1) is 11.1. The van der Waals surface area contributed by atoms with E-state index in [1.165, 1.54) is 24.0 Å². The molecular formula is C13H18N2O. The van der Waals surface area contributed by atoms with Gasteiger partial charge in [-0.2, -0.15) is 0 Å². The van der Waals surface area contributed by atoms with Gasteiger partial charge in [-0.25, -0.2) is 0 Å². The van der Waals surface area contributed by atoms with E-state index in [4.69, 9.17) is 5.73 Å². The summed E-state index contributed by atoms with van der Waals surface area (Å²) >= 11 is 0. The van der Waals surface area contributed by atoms with Gasteiger partial charge in [0.1, 0.15) is 0 Å². The second-order valence-electron chi connectivity index (χ2n) is 4.43. The molecule has 0 fully saturated rings. The molecule has 3 N–H and O–H groups in total. The maximum absolute atomic E-state index is 11.6. The highest BCUT2D eigenvalue weighted by Crippen LogP contribution is 2.27. The molecular weight excluding hydrogens is 200 g/mol. The highest BCUT2D eigenvalue weighted by atomic mass is 16.2. The van der Waals surface area contributed by atoms with Crippen LogP contribution < -0.4 is 11.1 Å². The molecule has 0 saturated heterocycles. The minimum Gasteiger partial charge on any atom is -0.324 e. The first-order valence-electron chi connectivity index (χ1n) is 5.85. The molecule has 0 unspecified atom stereocenters. The third-order valence-corrected chi connectivity index (χ3v) is 3.07. The summed E-state index contributed by atoms with van der Waals surface area (Å²) in [6, 6.07) is 5.65. The Balaban J connectivity index is 2.24. The largest absolute Gasteiger partial charge is 0.324 e. The number of carbonyl (C=O) groups is 1. The lowest BCUT2D eigenvalue weighted by Crippen LogP contribution is -2.33. The first-order chi connectivity index (χ1) is 7.68. The molecule has 1 aromatic carbocycles. The molecule has 16 heavy (non-hydrogen) atoms. The van der Waals surface area contributed by atoms with Crippen molar-refractivity contribution in [1.82, 2.24) is 0 Å². The number of carbonyl (C=O) groups excluding carboxylic acids is 1. The fourth-order valence-electron chi connectivity index (χ4n) is 2.15. The first-order valence-corrected chi connectivity index (χ1v) is 5.85. The summed E-state index contributed by atoms with van der Waals surface area (Å²) in [5.41, 5.74) is 9.16. The minimum atomic E-state index is -0.459. The molecule has 0 heterocycles. The summed E-state index contributed by atoms with van der Waals surface area (Å²) in [6.45, 7) is 1.70. The number of amides is 1. The van der Waals surface area contributed by atoms with Crippen LogP contribution in [0.1, 0.15) is 30.9 Å². The van der Waals surface area contributed by atoms with E-state index in [-0.39, 0.29) is 5.91 Å². The summed E-state index contributed by atoms with van der Waals surface area (Å²) < 4.78 is 0. The standard InChI is InChI=1S/C13H18N2O/c1-9(14)13(16)15-12-8-4-6-10-5-2-3-7-11(10)12/h4,6,8-9H,2-3,5,7,14H2,1H3,(H,15,16)/t9-/m0/s1. The van der Waals surface area contributed by atoms with E-state index in [2.05, 4.69) is 11.4 Å². The van der Waals surface area contributed by atoms with E-state index in [9.17, 15) is 4.79 Å². The molecule has 1 aliphatic carbocycles.